The summed E-state index contributed by atoms with van der Waals surface area (Å²) in [5, 5.41) is 0.349. The van der Waals surface area contributed by atoms with Gasteiger partial charge in [-0.3, -0.25) is 0 Å². The predicted octanol–water partition coefficient (Wildman–Crippen LogP) is 2.41. The monoisotopic (exact) mass is 291 g/mol. The molecule has 20 heavy (non-hydrogen) atoms. The van der Waals surface area contributed by atoms with Crippen LogP contribution in [0.1, 0.15) is 5.56 Å². The molecule has 0 unspecified atom stereocenters. The van der Waals surface area contributed by atoms with Gasteiger partial charge in [-0.1, -0.05) is 23.7 Å². The fourth-order valence-corrected chi connectivity index (χ4v) is 2.06. The number of anilines is 3. The summed E-state index contributed by atoms with van der Waals surface area (Å²) < 4.78 is 0. The minimum Gasteiger partial charge on any atom is -0.378 e. The van der Waals surface area contributed by atoms with Gasteiger partial charge in [-0.15, -0.1) is 0 Å². The van der Waals surface area contributed by atoms with Crippen LogP contribution in [-0.4, -0.2) is 31.1 Å². The maximum atomic E-state index is 5.89. The number of rotatable bonds is 4. The number of benzene rings is 1. The molecule has 0 bridgehead atoms. The van der Waals surface area contributed by atoms with Crippen molar-refractivity contribution in [2.24, 2.45) is 0 Å². The lowest BCUT2D eigenvalue weighted by Crippen LogP contribution is -2.18. The van der Waals surface area contributed by atoms with E-state index in [4.69, 9.17) is 17.3 Å². The summed E-state index contributed by atoms with van der Waals surface area (Å²) in [5.74, 6) is 0.890. The zero-order valence-corrected chi connectivity index (χ0v) is 12.6. The van der Waals surface area contributed by atoms with E-state index in [-0.39, 0.29) is 5.95 Å². The first-order chi connectivity index (χ1) is 9.45. The molecule has 2 rings (SSSR count). The zero-order chi connectivity index (χ0) is 14.7. The van der Waals surface area contributed by atoms with Gasteiger partial charge in [-0.2, -0.15) is 4.98 Å². The van der Waals surface area contributed by atoms with Gasteiger partial charge in [-0.05, 0) is 17.7 Å². The molecular formula is C14H18ClN5. The number of nitrogen functional groups attached to an aromatic ring is 1. The standard InChI is InChI=1S/C14H18ClN5/c1-19(2)11-6-4-10(5-7-11)9-20(3)13-8-12(15)17-14(16)18-13/h4-8H,9H2,1-3H3,(H2,16,17,18). The molecule has 1 heterocycles. The van der Waals surface area contributed by atoms with Crippen molar-refractivity contribution in [3.8, 4) is 0 Å². The van der Waals surface area contributed by atoms with Crippen LogP contribution in [0.15, 0.2) is 30.3 Å². The smallest absolute Gasteiger partial charge is 0.223 e. The highest BCUT2D eigenvalue weighted by Gasteiger charge is 2.07. The Morgan fingerprint density at radius 2 is 1.75 bits per heavy atom. The molecule has 6 heteroatoms. The first-order valence-corrected chi connectivity index (χ1v) is 6.61. The molecule has 0 fully saturated rings. The number of halogens is 1. The average Bonchev–Trinajstić information content (AvgIpc) is 2.38. The van der Waals surface area contributed by atoms with Gasteiger partial charge in [0.1, 0.15) is 11.0 Å². The lowest BCUT2D eigenvalue weighted by molar-refractivity contribution is 0.893. The third-order valence-corrected chi connectivity index (χ3v) is 3.16. The van der Waals surface area contributed by atoms with Crippen molar-refractivity contribution in [1.82, 2.24) is 9.97 Å². The lowest BCUT2D eigenvalue weighted by Gasteiger charge is -2.19. The molecular weight excluding hydrogens is 274 g/mol. The van der Waals surface area contributed by atoms with Crippen LogP contribution in [-0.2, 0) is 6.54 Å². The van der Waals surface area contributed by atoms with Gasteiger partial charge in [0.05, 0.1) is 0 Å². The first-order valence-electron chi connectivity index (χ1n) is 6.23. The van der Waals surface area contributed by atoms with Crippen molar-refractivity contribution in [2.45, 2.75) is 6.54 Å². The largest absolute Gasteiger partial charge is 0.378 e. The summed E-state index contributed by atoms with van der Waals surface area (Å²) in [6.45, 7) is 0.723. The summed E-state index contributed by atoms with van der Waals surface area (Å²) in [7, 11) is 5.98. The van der Waals surface area contributed by atoms with Gasteiger partial charge in [0.25, 0.3) is 0 Å². The summed E-state index contributed by atoms with van der Waals surface area (Å²) in [4.78, 5) is 12.1. The Bertz CT molecular complexity index is 562. The molecule has 0 spiro atoms. The molecule has 1 aromatic heterocycles. The Morgan fingerprint density at radius 3 is 2.30 bits per heavy atom. The second kappa shape index (κ2) is 5.96. The summed E-state index contributed by atoms with van der Waals surface area (Å²) in [6.07, 6.45) is 0. The topological polar surface area (TPSA) is 58.3 Å². The van der Waals surface area contributed by atoms with Crippen molar-refractivity contribution in [3.63, 3.8) is 0 Å². The van der Waals surface area contributed by atoms with Crippen LogP contribution in [0, 0.1) is 0 Å². The minimum absolute atomic E-state index is 0.183. The van der Waals surface area contributed by atoms with Crippen molar-refractivity contribution in [2.75, 3.05) is 36.7 Å². The number of nitrogens with two attached hydrogens (primary N) is 1. The van der Waals surface area contributed by atoms with E-state index in [1.807, 2.05) is 26.0 Å². The molecule has 2 N–H and O–H groups in total. The van der Waals surface area contributed by atoms with Gasteiger partial charge >= 0.3 is 0 Å². The van der Waals surface area contributed by atoms with Crippen LogP contribution in [0.25, 0.3) is 0 Å². The summed E-state index contributed by atoms with van der Waals surface area (Å²) in [6, 6.07) is 10.1. The Labute approximate surface area is 124 Å². The van der Waals surface area contributed by atoms with Gasteiger partial charge < -0.3 is 15.5 Å². The molecule has 0 atom stereocenters. The quantitative estimate of drug-likeness (QED) is 0.877. The van der Waals surface area contributed by atoms with E-state index in [0.717, 1.165) is 6.54 Å². The van der Waals surface area contributed by atoms with Crippen molar-refractivity contribution in [3.05, 3.63) is 41.0 Å². The fourth-order valence-electron chi connectivity index (χ4n) is 1.87. The third-order valence-electron chi connectivity index (χ3n) is 2.96. The van der Waals surface area contributed by atoms with E-state index in [9.17, 15) is 0 Å². The molecule has 5 nitrogen and oxygen atoms in total. The molecule has 0 aliphatic carbocycles. The van der Waals surface area contributed by atoms with Gasteiger partial charge in [0, 0.05) is 39.4 Å². The fraction of sp³-hybridized carbons (Fsp3) is 0.286. The molecule has 2 aromatic rings. The second-order valence-corrected chi connectivity index (χ2v) is 5.21. The Kier molecular flexibility index (Phi) is 4.29. The zero-order valence-electron chi connectivity index (χ0n) is 11.8. The maximum Gasteiger partial charge on any atom is 0.223 e. The van der Waals surface area contributed by atoms with E-state index < -0.39 is 0 Å². The Balaban J connectivity index is 2.12. The molecule has 0 radical (unpaired) electrons. The lowest BCUT2D eigenvalue weighted by atomic mass is 10.2. The number of nitrogens with zero attached hydrogens (tertiary/aromatic N) is 4. The molecule has 0 saturated heterocycles. The Hall–Kier alpha value is -2.01. The van der Waals surface area contributed by atoms with Gasteiger partial charge in [0.15, 0.2) is 0 Å². The highest BCUT2D eigenvalue weighted by Crippen LogP contribution is 2.19. The van der Waals surface area contributed by atoms with Crippen molar-refractivity contribution in [1.29, 1.82) is 0 Å². The Morgan fingerprint density at radius 1 is 1.10 bits per heavy atom. The molecule has 0 saturated carbocycles. The van der Waals surface area contributed by atoms with Gasteiger partial charge in [-0.25, -0.2) is 4.98 Å². The van der Waals surface area contributed by atoms with Crippen molar-refractivity contribution >= 4 is 29.1 Å². The van der Waals surface area contributed by atoms with Crippen LogP contribution in [0.4, 0.5) is 17.5 Å². The highest BCUT2D eigenvalue weighted by molar-refractivity contribution is 6.29. The van der Waals surface area contributed by atoms with Crippen LogP contribution >= 0.6 is 11.6 Å². The number of hydrogen-bond acceptors (Lipinski definition) is 5. The summed E-state index contributed by atoms with van der Waals surface area (Å²) in [5.41, 5.74) is 7.96. The normalized spacial score (nSPS) is 10.4. The van der Waals surface area contributed by atoms with Crippen LogP contribution in [0.5, 0.6) is 0 Å². The molecule has 0 amide bonds. The van der Waals surface area contributed by atoms with E-state index in [1.54, 1.807) is 6.07 Å². The van der Waals surface area contributed by atoms with Crippen LogP contribution in [0.3, 0.4) is 0 Å². The van der Waals surface area contributed by atoms with E-state index in [2.05, 4.69) is 39.1 Å². The van der Waals surface area contributed by atoms with E-state index in [0.29, 0.717) is 11.0 Å². The predicted molar refractivity (Wildman–Crippen MR) is 84.3 cm³/mol. The molecule has 1 aromatic carbocycles. The van der Waals surface area contributed by atoms with Crippen molar-refractivity contribution < 1.29 is 0 Å². The molecule has 106 valence electrons. The second-order valence-electron chi connectivity index (χ2n) is 4.82. The van der Waals surface area contributed by atoms with Gasteiger partial charge in [0.2, 0.25) is 5.95 Å². The molecule has 0 aliphatic heterocycles. The van der Waals surface area contributed by atoms with E-state index >= 15 is 0 Å². The highest BCUT2D eigenvalue weighted by atomic mass is 35.5. The number of hydrogen-bond donors (Lipinski definition) is 1. The average molecular weight is 292 g/mol. The third kappa shape index (κ3) is 3.51. The van der Waals surface area contributed by atoms with Crippen LogP contribution < -0.4 is 15.5 Å². The SMILES string of the molecule is CN(C)c1ccc(CN(C)c2cc(Cl)nc(N)n2)cc1. The molecule has 0 aliphatic rings. The first kappa shape index (κ1) is 14.4. The van der Waals surface area contributed by atoms with Crippen LogP contribution in [0.2, 0.25) is 5.15 Å². The number of aromatic nitrogens is 2. The summed E-state index contributed by atoms with van der Waals surface area (Å²) >= 11 is 5.89. The van der Waals surface area contributed by atoms with E-state index in [1.165, 1.54) is 11.3 Å². The minimum atomic E-state index is 0.183. The maximum absolute atomic E-state index is 5.89.